The lowest BCUT2D eigenvalue weighted by atomic mass is 10.2. The van der Waals surface area contributed by atoms with Crippen molar-refractivity contribution in [2.24, 2.45) is 0 Å². The Kier molecular flexibility index (Phi) is 5.81. The van der Waals surface area contributed by atoms with Gasteiger partial charge in [-0.1, -0.05) is 23.2 Å². The van der Waals surface area contributed by atoms with Crippen LogP contribution in [-0.4, -0.2) is 25.2 Å². The van der Waals surface area contributed by atoms with Crippen molar-refractivity contribution >= 4 is 35.1 Å². The Bertz CT molecular complexity index is 591. The molecule has 0 spiro atoms. The van der Waals surface area contributed by atoms with Gasteiger partial charge in [0.25, 0.3) is 0 Å². The van der Waals surface area contributed by atoms with Crippen LogP contribution in [0.25, 0.3) is 0 Å². The van der Waals surface area contributed by atoms with Gasteiger partial charge in [0.05, 0.1) is 11.1 Å². The number of rotatable bonds is 5. The number of hydrogen-bond acceptors (Lipinski definition) is 4. The van der Waals surface area contributed by atoms with Crippen LogP contribution in [0.1, 0.15) is 20.7 Å². The lowest BCUT2D eigenvalue weighted by molar-refractivity contribution is 0.0265. The number of hydrogen-bond donors (Lipinski definition) is 0. The molecule has 0 heterocycles. The summed E-state index contributed by atoms with van der Waals surface area (Å²) in [6.07, 6.45) is 0. The highest BCUT2D eigenvalue weighted by Gasteiger charge is 2.09. The summed E-state index contributed by atoms with van der Waals surface area (Å²) in [4.78, 5) is 23.4. The SMILES string of the molecule is O=C(OCCOC(=O)c1ccc(Cl)cc1)c1ccc(Cl)cc1. The minimum Gasteiger partial charge on any atom is -0.458 e. The monoisotopic (exact) mass is 338 g/mol. The van der Waals surface area contributed by atoms with E-state index in [2.05, 4.69) is 0 Å². The Morgan fingerprint density at radius 2 is 1.00 bits per heavy atom. The summed E-state index contributed by atoms with van der Waals surface area (Å²) in [5, 5.41) is 1.07. The molecule has 0 N–H and O–H groups in total. The van der Waals surface area contributed by atoms with E-state index in [-0.39, 0.29) is 13.2 Å². The minimum absolute atomic E-state index is 0.0270. The molecule has 0 atom stereocenters. The first-order valence-corrected chi connectivity index (χ1v) is 7.17. The van der Waals surface area contributed by atoms with Gasteiger partial charge < -0.3 is 9.47 Å². The van der Waals surface area contributed by atoms with E-state index in [4.69, 9.17) is 32.7 Å². The molecule has 0 aliphatic carbocycles. The lowest BCUT2D eigenvalue weighted by Crippen LogP contribution is -2.14. The normalized spacial score (nSPS) is 10.1. The summed E-state index contributed by atoms with van der Waals surface area (Å²) in [7, 11) is 0. The maximum Gasteiger partial charge on any atom is 0.338 e. The summed E-state index contributed by atoms with van der Waals surface area (Å²) in [6.45, 7) is -0.0540. The number of carbonyl (C=O) groups excluding carboxylic acids is 2. The van der Waals surface area contributed by atoms with Crippen LogP contribution in [0, 0.1) is 0 Å². The zero-order valence-corrected chi connectivity index (χ0v) is 12.9. The fourth-order valence-corrected chi connectivity index (χ4v) is 1.86. The Morgan fingerprint density at radius 3 is 1.32 bits per heavy atom. The third kappa shape index (κ3) is 4.76. The maximum absolute atomic E-state index is 11.7. The number of esters is 2. The van der Waals surface area contributed by atoms with E-state index >= 15 is 0 Å². The van der Waals surface area contributed by atoms with Crippen LogP contribution in [0.2, 0.25) is 10.0 Å². The molecule has 0 fully saturated rings. The molecule has 0 aromatic heterocycles. The highest BCUT2D eigenvalue weighted by atomic mass is 35.5. The molecule has 0 radical (unpaired) electrons. The van der Waals surface area contributed by atoms with Crippen LogP contribution in [0.15, 0.2) is 48.5 Å². The quantitative estimate of drug-likeness (QED) is 0.610. The maximum atomic E-state index is 11.7. The van der Waals surface area contributed by atoms with Crippen molar-refractivity contribution in [3.63, 3.8) is 0 Å². The van der Waals surface area contributed by atoms with Crippen LogP contribution in [0.3, 0.4) is 0 Å². The van der Waals surface area contributed by atoms with Gasteiger partial charge in [0.2, 0.25) is 0 Å². The van der Waals surface area contributed by atoms with Gasteiger partial charge in [-0.15, -0.1) is 0 Å². The second-order valence-electron chi connectivity index (χ2n) is 4.29. The summed E-state index contributed by atoms with van der Waals surface area (Å²) >= 11 is 11.5. The van der Waals surface area contributed by atoms with Crippen molar-refractivity contribution in [2.45, 2.75) is 0 Å². The first kappa shape index (κ1) is 16.3. The van der Waals surface area contributed by atoms with Crippen LogP contribution >= 0.6 is 23.2 Å². The van der Waals surface area contributed by atoms with E-state index in [1.165, 1.54) is 0 Å². The van der Waals surface area contributed by atoms with Crippen molar-refractivity contribution in [3.05, 3.63) is 69.7 Å². The second kappa shape index (κ2) is 7.82. The molecule has 6 heteroatoms. The van der Waals surface area contributed by atoms with Gasteiger partial charge in [0.15, 0.2) is 0 Å². The van der Waals surface area contributed by atoms with Crippen molar-refractivity contribution in [3.8, 4) is 0 Å². The fraction of sp³-hybridized carbons (Fsp3) is 0.125. The van der Waals surface area contributed by atoms with E-state index < -0.39 is 11.9 Å². The summed E-state index contributed by atoms with van der Waals surface area (Å²) < 4.78 is 9.99. The van der Waals surface area contributed by atoms with E-state index in [1.54, 1.807) is 48.5 Å². The first-order chi connectivity index (χ1) is 10.6. The third-order valence-electron chi connectivity index (χ3n) is 2.71. The molecule has 22 heavy (non-hydrogen) atoms. The molecule has 0 saturated carbocycles. The Balaban J connectivity index is 1.74. The number of carbonyl (C=O) groups is 2. The van der Waals surface area contributed by atoms with E-state index in [0.29, 0.717) is 21.2 Å². The van der Waals surface area contributed by atoms with Crippen molar-refractivity contribution in [1.82, 2.24) is 0 Å². The van der Waals surface area contributed by atoms with Crippen molar-refractivity contribution in [2.75, 3.05) is 13.2 Å². The van der Waals surface area contributed by atoms with Gasteiger partial charge in [0, 0.05) is 10.0 Å². The molecular formula is C16H12Cl2O4. The predicted octanol–water partition coefficient (Wildman–Crippen LogP) is 4.01. The molecule has 0 aliphatic rings. The van der Waals surface area contributed by atoms with E-state index in [1.807, 2.05) is 0 Å². The van der Waals surface area contributed by atoms with Crippen LogP contribution < -0.4 is 0 Å². The zero-order chi connectivity index (χ0) is 15.9. The molecule has 2 rings (SSSR count). The summed E-state index contributed by atoms with van der Waals surface area (Å²) in [6, 6.07) is 12.6. The van der Waals surface area contributed by atoms with Gasteiger partial charge in [0.1, 0.15) is 13.2 Å². The van der Waals surface area contributed by atoms with E-state index in [0.717, 1.165) is 0 Å². The molecular weight excluding hydrogens is 327 g/mol. The minimum atomic E-state index is -0.501. The molecule has 2 aromatic rings. The number of ether oxygens (including phenoxy) is 2. The molecule has 0 saturated heterocycles. The third-order valence-corrected chi connectivity index (χ3v) is 3.21. The Hall–Kier alpha value is -2.04. The first-order valence-electron chi connectivity index (χ1n) is 6.41. The topological polar surface area (TPSA) is 52.6 Å². The molecule has 114 valence electrons. The van der Waals surface area contributed by atoms with Gasteiger partial charge >= 0.3 is 11.9 Å². The van der Waals surface area contributed by atoms with Crippen LogP contribution in [0.4, 0.5) is 0 Å². The van der Waals surface area contributed by atoms with E-state index in [9.17, 15) is 9.59 Å². The fourth-order valence-electron chi connectivity index (χ4n) is 1.61. The molecule has 0 bridgehead atoms. The second-order valence-corrected chi connectivity index (χ2v) is 5.16. The van der Waals surface area contributed by atoms with Crippen molar-refractivity contribution < 1.29 is 19.1 Å². The molecule has 0 amide bonds. The highest BCUT2D eigenvalue weighted by molar-refractivity contribution is 6.30. The summed E-state index contributed by atoms with van der Waals surface area (Å²) in [5.41, 5.74) is 0.766. The highest BCUT2D eigenvalue weighted by Crippen LogP contribution is 2.11. The smallest absolute Gasteiger partial charge is 0.338 e. The van der Waals surface area contributed by atoms with Gasteiger partial charge in [-0.05, 0) is 48.5 Å². The molecule has 4 nitrogen and oxygen atoms in total. The zero-order valence-electron chi connectivity index (χ0n) is 11.4. The summed E-state index contributed by atoms with van der Waals surface area (Å²) in [5.74, 6) is -1.00. The molecule has 2 aromatic carbocycles. The number of halogens is 2. The van der Waals surface area contributed by atoms with Gasteiger partial charge in [-0.25, -0.2) is 9.59 Å². The average molecular weight is 339 g/mol. The Morgan fingerprint density at radius 1 is 0.682 bits per heavy atom. The van der Waals surface area contributed by atoms with Gasteiger partial charge in [-0.2, -0.15) is 0 Å². The standard InChI is InChI=1S/C16H12Cl2O4/c17-13-5-1-11(2-6-13)15(19)21-9-10-22-16(20)12-3-7-14(18)8-4-12/h1-8H,9-10H2. The average Bonchev–Trinajstić information content (AvgIpc) is 2.52. The predicted molar refractivity (Wildman–Crippen MR) is 83.5 cm³/mol. The molecule has 0 aliphatic heterocycles. The van der Waals surface area contributed by atoms with Crippen molar-refractivity contribution in [1.29, 1.82) is 0 Å². The number of benzene rings is 2. The Labute approximate surface area is 137 Å². The largest absolute Gasteiger partial charge is 0.458 e. The lowest BCUT2D eigenvalue weighted by Gasteiger charge is -2.06. The molecule has 0 unspecified atom stereocenters. The van der Waals surface area contributed by atoms with Crippen LogP contribution in [-0.2, 0) is 9.47 Å². The van der Waals surface area contributed by atoms with Crippen LogP contribution in [0.5, 0.6) is 0 Å². The van der Waals surface area contributed by atoms with Gasteiger partial charge in [-0.3, -0.25) is 0 Å².